The quantitative estimate of drug-likeness (QED) is 0.863. The average Bonchev–Trinajstić information content (AvgIpc) is 2.96. The van der Waals surface area contributed by atoms with Gasteiger partial charge < -0.3 is 10.2 Å². The van der Waals surface area contributed by atoms with Crippen molar-refractivity contribution in [3.63, 3.8) is 0 Å². The van der Waals surface area contributed by atoms with Gasteiger partial charge >= 0.3 is 0 Å². The molecule has 2 amide bonds. The summed E-state index contributed by atoms with van der Waals surface area (Å²) in [6.45, 7) is 1.70. The zero-order chi connectivity index (χ0) is 15.8. The Labute approximate surface area is 134 Å². The topological polar surface area (TPSA) is 49.4 Å². The minimum Gasteiger partial charge on any atom is -0.347 e. The lowest BCUT2D eigenvalue weighted by Crippen LogP contribution is -2.43. The smallest absolute Gasteiger partial charge is 0.249 e. The van der Waals surface area contributed by atoms with E-state index in [1.807, 2.05) is 18.2 Å². The Hall–Kier alpha value is -1.26. The van der Waals surface area contributed by atoms with Gasteiger partial charge in [-0.1, -0.05) is 30.3 Å². The third-order valence-corrected chi connectivity index (χ3v) is 4.96. The predicted octanol–water partition coefficient (Wildman–Crippen LogP) is 2.52. The lowest BCUT2D eigenvalue weighted by atomic mass is 10.0. The van der Waals surface area contributed by atoms with Gasteiger partial charge in [-0.25, -0.2) is 0 Å². The highest BCUT2D eigenvalue weighted by Crippen LogP contribution is 2.63. The third-order valence-electron chi connectivity index (χ3n) is 3.86. The van der Waals surface area contributed by atoms with Crippen LogP contribution in [-0.4, -0.2) is 35.1 Å². The van der Waals surface area contributed by atoms with Crippen LogP contribution in [0, 0.1) is 5.41 Å². The number of amides is 2. The van der Waals surface area contributed by atoms with E-state index < -0.39 is 15.8 Å². The second-order valence-electron chi connectivity index (χ2n) is 5.76. The van der Waals surface area contributed by atoms with Gasteiger partial charge in [-0.15, -0.1) is 23.2 Å². The number of nitrogens with one attached hydrogen (secondary N) is 1. The summed E-state index contributed by atoms with van der Waals surface area (Å²) in [5.74, 6) is -0.509. The van der Waals surface area contributed by atoms with Crippen LogP contribution in [0.15, 0.2) is 30.3 Å². The highest BCUT2D eigenvalue weighted by Gasteiger charge is 2.68. The van der Waals surface area contributed by atoms with Crippen molar-refractivity contribution in [1.29, 1.82) is 0 Å². The van der Waals surface area contributed by atoms with Crippen LogP contribution in [0.1, 0.15) is 24.9 Å². The summed E-state index contributed by atoms with van der Waals surface area (Å²) in [5.41, 5.74) is -0.126. The summed E-state index contributed by atoms with van der Waals surface area (Å²) in [6, 6.07) is 8.36. The number of hydrogen-bond acceptors (Lipinski definition) is 2. The molecule has 6 heteroatoms. The maximum absolute atomic E-state index is 12.4. The van der Waals surface area contributed by atoms with Gasteiger partial charge in [-0.2, -0.15) is 0 Å². The maximum Gasteiger partial charge on any atom is 0.249 e. The molecule has 0 heterocycles. The number of benzene rings is 1. The fourth-order valence-corrected chi connectivity index (χ4v) is 2.83. The molecule has 1 saturated carbocycles. The van der Waals surface area contributed by atoms with E-state index in [0.717, 1.165) is 5.56 Å². The number of rotatable bonds is 4. The van der Waals surface area contributed by atoms with Crippen molar-refractivity contribution in [2.75, 3.05) is 14.1 Å². The molecule has 2 rings (SSSR count). The number of nitrogens with zero attached hydrogens (tertiary/aromatic N) is 1. The molecule has 1 aliphatic carbocycles. The largest absolute Gasteiger partial charge is 0.347 e. The second-order valence-corrected chi connectivity index (χ2v) is 7.25. The molecule has 1 aromatic carbocycles. The van der Waals surface area contributed by atoms with Crippen LogP contribution in [0.2, 0.25) is 0 Å². The van der Waals surface area contributed by atoms with E-state index in [4.69, 9.17) is 23.2 Å². The van der Waals surface area contributed by atoms with Gasteiger partial charge in [0.05, 0.1) is 5.41 Å². The van der Waals surface area contributed by atoms with Crippen LogP contribution in [0.25, 0.3) is 0 Å². The SMILES string of the molecule is CN(C)C(=O)[C@@H](NC(=O)[C@@]1(C)CC1(Cl)Cl)c1ccccc1. The first-order chi connectivity index (χ1) is 9.69. The lowest BCUT2D eigenvalue weighted by molar-refractivity contribution is -0.136. The fourth-order valence-electron chi connectivity index (χ4n) is 2.13. The van der Waals surface area contributed by atoms with E-state index in [1.165, 1.54) is 4.90 Å². The predicted molar refractivity (Wildman–Crippen MR) is 83.2 cm³/mol. The minimum atomic E-state index is -1.06. The van der Waals surface area contributed by atoms with Crippen molar-refractivity contribution in [3.05, 3.63) is 35.9 Å². The molecule has 0 bridgehead atoms. The Balaban J connectivity index is 2.22. The van der Waals surface area contributed by atoms with Gasteiger partial charge in [-0.3, -0.25) is 9.59 Å². The molecule has 1 aliphatic rings. The van der Waals surface area contributed by atoms with E-state index in [-0.39, 0.29) is 11.8 Å². The fraction of sp³-hybridized carbons (Fsp3) is 0.467. The first-order valence-corrected chi connectivity index (χ1v) is 7.39. The van der Waals surface area contributed by atoms with E-state index in [2.05, 4.69) is 5.32 Å². The maximum atomic E-state index is 12.4. The minimum absolute atomic E-state index is 0.200. The van der Waals surface area contributed by atoms with Crippen molar-refractivity contribution in [2.24, 2.45) is 5.41 Å². The Morgan fingerprint density at radius 1 is 1.24 bits per heavy atom. The number of likely N-dealkylation sites (N-methyl/N-ethyl adjacent to an activating group) is 1. The first-order valence-electron chi connectivity index (χ1n) is 6.64. The summed E-state index contributed by atoms with van der Waals surface area (Å²) >= 11 is 12.0. The van der Waals surface area contributed by atoms with Crippen molar-refractivity contribution < 1.29 is 9.59 Å². The van der Waals surface area contributed by atoms with Gasteiger partial charge in [0.25, 0.3) is 0 Å². The summed E-state index contributed by atoms with van der Waals surface area (Å²) in [6.07, 6.45) is 0.382. The van der Waals surface area contributed by atoms with Crippen molar-refractivity contribution in [2.45, 2.75) is 23.7 Å². The molecule has 2 atom stereocenters. The van der Waals surface area contributed by atoms with Gasteiger partial charge in [0, 0.05) is 14.1 Å². The van der Waals surface area contributed by atoms with Crippen LogP contribution in [0.4, 0.5) is 0 Å². The molecule has 0 radical (unpaired) electrons. The second kappa shape index (κ2) is 5.50. The number of alkyl halides is 2. The van der Waals surface area contributed by atoms with Gasteiger partial charge in [0.2, 0.25) is 11.8 Å². The Morgan fingerprint density at radius 2 is 1.76 bits per heavy atom. The molecular formula is C15H18Cl2N2O2. The lowest BCUT2D eigenvalue weighted by Gasteiger charge is -2.24. The number of carbonyl (C=O) groups is 2. The number of hydrogen-bond donors (Lipinski definition) is 1. The van der Waals surface area contributed by atoms with Gasteiger partial charge in [-0.05, 0) is 18.9 Å². The summed E-state index contributed by atoms with van der Waals surface area (Å²) < 4.78 is -1.06. The van der Waals surface area contributed by atoms with Crippen LogP contribution in [0.5, 0.6) is 0 Å². The molecule has 0 unspecified atom stereocenters. The molecule has 4 nitrogen and oxygen atoms in total. The molecule has 114 valence electrons. The molecule has 0 saturated heterocycles. The van der Waals surface area contributed by atoms with E-state index in [9.17, 15) is 9.59 Å². The number of halogens is 2. The van der Waals surface area contributed by atoms with E-state index in [0.29, 0.717) is 6.42 Å². The van der Waals surface area contributed by atoms with Gasteiger partial charge in [0.15, 0.2) is 0 Å². The summed E-state index contributed by atoms with van der Waals surface area (Å²) in [7, 11) is 3.30. The van der Waals surface area contributed by atoms with Crippen LogP contribution in [0.3, 0.4) is 0 Å². The molecule has 0 aliphatic heterocycles. The summed E-state index contributed by atoms with van der Waals surface area (Å²) in [5, 5.41) is 2.77. The van der Waals surface area contributed by atoms with Gasteiger partial charge in [0.1, 0.15) is 10.4 Å². The highest BCUT2D eigenvalue weighted by molar-refractivity contribution is 6.53. The Kier molecular flexibility index (Phi) is 4.22. The molecule has 21 heavy (non-hydrogen) atoms. The normalized spacial score (nSPS) is 24.0. The van der Waals surface area contributed by atoms with Crippen molar-refractivity contribution >= 4 is 35.0 Å². The molecule has 1 fully saturated rings. The standard InChI is InChI=1S/C15H18Cl2N2O2/c1-14(9-15(14,16)17)13(21)18-11(12(20)19(2)3)10-7-5-4-6-8-10/h4-8,11H,9H2,1-3H3,(H,18,21)/t11-,14+/m0/s1. The Morgan fingerprint density at radius 3 is 2.19 bits per heavy atom. The molecule has 1 N–H and O–H groups in total. The van der Waals surface area contributed by atoms with E-state index >= 15 is 0 Å². The van der Waals surface area contributed by atoms with Crippen molar-refractivity contribution in [3.8, 4) is 0 Å². The first kappa shape index (κ1) is 16.1. The zero-order valence-corrected chi connectivity index (χ0v) is 13.7. The zero-order valence-electron chi connectivity index (χ0n) is 12.2. The number of carbonyl (C=O) groups excluding carboxylic acids is 2. The molecular weight excluding hydrogens is 311 g/mol. The molecule has 1 aromatic rings. The van der Waals surface area contributed by atoms with Crippen LogP contribution in [-0.2, 0) is 9.59 Å². The monoisotopic (exact) mass is 328 g/mol. The van der Waals surface area contributed by atoms with Crippen LogP contribution < -0.4 is 5.32 Å². The van der Waals surface area contributed by atoms with E-state index in [1.54, 1.807) is 33.2 Å². The Bertz CT molecular complexity index is 560. The molecule has 0 spiro atoms. The highest BCUT2D eigenvalue weighted by atomic mass is 35.5. The van der Waals surface area contributed by atoms with Crippen LogP contribution >= 0.6 is 23.2 Å². The van der Waals surface area contributed by atoms with Crippen molar-refractivity contribution in [1.82, 2.24) is 10.2 Å². The summed E-state index contributed by atoms with van der Waals surface area (Å²) in [4.78, 5) is 26.2. The average molecular weight is 329 g/mol. The third kappa shape index (κ3) is 3.01. The molecule has 0 aromatic heterocycles.